The van der Waals surface area contributed by atoms with E-state index in [1.807, 2.05) is 20.8 Å². The van der Waals surface area contributed by atoms with Crippen LogP contribution in [0.3, 0.4) is 0 Å². The maximum Gasteiger partial charge on any atom is 0.254 e. The molecular formula is C13H18F2N2O. The third-order valence-electron chi connectivity index (χ3n) is 2.78. The topological polar surface area (TPSA) is 55.1 Å². The maximum absolute atomic E-state index is 13.4. The van der Waals surface area contributed by atoms with Gasteiger partial charge in [-0.05, 0) is 17.5 Å². The Balaban J connectivity index is 2.92. The summed E-state index contributed by atoms with van der Waals surface area (Å²) in [6, 6.07) is 3.19. The molecule has 0 bridgehead atoms. The van der Waals surface area contributed by atoms with E-state index in [0.717, 1.165) is 6.07 Å². The lowest BCUT2D eigenvalue weighted by atomic mass is 9.86. The van der Waals surface area contributed by atoms with E-state index in [0.29, 0.717) is 0 Å². The van der Waals surface area contributed by atoms with Crippen molar-refractivity contribution in [1.82, 2.24) is 5.32 Å². The fourth-order valence-corrected chi connectivity index (χ4v) is 1.54. The molecular weight excluding hydrogens is 238 g/mol. The summed E-state index contributed by atoms with van der Waals surface area (Å²) >= 11 is 0. The van der Waals surface area contributed by atoms with Crippen LogP contribution in [0.25, 0.3) is 0 Å². The van der Waals surface area contributed by atoms with Crippen molar-refractivity contribution in [3.63, 3.8) is 0 Å². The van der Waals surface area contributed by atoms with E-state index in [1.54, 1.807) is 0 Å². The second kappa shape index (κ2) is 5.44. The van der Waals surface area contributed by atoms with E-state index < -0.39 is 17.5 Å². The largest absolute Gasteiger partial charge is 0.347 e. The van der Waals surface area contributed by atoms with Gasteiger partial charge >= 0.3 is 0 Å². The van der Waals surface area contributed by atoms with Crippen LogP contribution in [0.2, 0.25) is 0 Å². The average molecular weight is 256 g/mol. The molecule has 1 rings (SSSR count). The fourth-order valence-electron chi connectivity index (χ4n) is 1.54. The number of hydrogen-bond acceptors (Lipinski definition) is 2. The zero-order valence-electron chi connectivity index (χ0n) is 10.8. The molecule has 5 heteroatoms. The number of halogens is 2. The van der Waals surface area contributed by atoms with Crippen LogP contribution in [0.4, 0.5) is 8.78 Å². The van der Waals surface area contributed by atoms with Gasteiger partial charge in [0.2, 0.25) is 0 Å². The third kappa shape index (κ3) is 3.26. The van der Waals surface area contributed by atoms with Crippen LogP contribution in [0.15, 0.2) is 18.2 Å². The first-order valence-corrected chi connectivity index (χ1v) is 5.72. The van der Waals surface area contributed by atoms with Crippen molar-refractivity contribution in [2.45, 2.75) is 26.8 Å². The lowest BCUT2D eigenvalue weighted by Crippen LogP contribution is -2.48. The number of benzene rings is 1. The van der Waals surface area contributed by atoms with Crippen LogP contribution < -0.4 is 11.1 Å². The number of nitrogens with one attached hydrogen (secondary N) is 1. The zero-order chi connectivity index (χ0) is 13.9. The SMILES string of the molecule is CC(C)(C)C(CN)NC(=O)c1cccc(F)c1F. The molecule has 100 valence electrons. The standard InChI is InChI=1S/C13H18F2N2O/c1-13(2,3)10(7-16)17-12(18)8-5-4-6-9(14)11(8)15/h4-6,10H,7,16H2,1-3H3,(H,17,18). The molecule has 3 N–H and O–H groups in total. The summed E-state index contributed by atoms with van der Waals surface area (Å²) in [4.78, 5) is 11.9. The van der Waals surface area contributed by atoms with E-state index in [9.17, 15) is 13.6 Å². The minimum absolute atomic E-state index is 0.228. The van der Waals surface area contributed by atoms with Gasteiger partial charge in [0, 0.05) is 12.6 Å². The molecule has 0 fully saturated rings. The highest BCUT2D eigenvalue weighted by Crippen LogP contribution is 2.19. The summed E-state index contributed by atoms with van der Waals surface area (Å²) < 4.78 is 26.4. The molecule has 1 aromatic carbocycles. The van der Waals surface area contributed by atoms with Crippen LogP contribution in [-0.4, -0.2) is 18.5 Å². The van der Waals surface area contributed by atoms with Crippen molar-refractivity contribution in [3.8, 4) is 0 Å². The van der Waals surface area contributed by atoms with Crippen molar-refractivity contribution in [2.75, 3.05) is 6.54 Å². The highest BCUT2D eigenvalue weighted by atomic mass is 19.2. The highest BCUT2D eigenvalue weighted by molar-refractivity contribution is 5.94. The number of carbonyl (C=O) groups excluding carboxylic acids is 1. The number of amides is 1. The molecule has 1 atom stereocenters. The van der Waals surface area contributed by atoms with Crippen LogP contribution in [0.1, 0.15) is 31.1 Å². The summed E-state index contributed by atoms with van der Waals surface area (Å²) in [5, 5.41) is 2.62. The second-order valence-corrected chi connectivity index (χ2v) is 5.23. The van der Waals surface area contributed by atoms with Gasteiger partial charge in [-0.15, -0.1) is 0 Å². The first kappa shape index (κ1) is 14.6. The van der Waals surface area contributed by atoms with E-state index in [4.69, 9.17) is 5.73 Å². The zero-order valence-corrected chi connectivity index (χ0v) is 10.8. The first-order valence-electron chi connectivity index (χ1n) is 5.72. The van der Waals surface area contributed by atoms with E-state index in [1.165, 1.54) is 12.1 Å². The van der Waals surface area contributed by atoms with Crippen molar-refractivity contribution < 1.29 is 13.6 Å². The normalized spacial score (nSPS) is 13.2. The molecule has 0 heterocycles. The summed E-state index contributed by atoms with van der Waals surface area (Å²) in [5.74, 6) is -2.83. The summed E-state index contributed by atoms with van der Waals surface area (Å²) in [7, 11) is 0. The smallest absolute Gasteiger partial charge is 0.254 e. The van der Waals surface area contributed by atoms with Crippen molar-refractivity contribution in [3.05, 3.63) is 35.4 Å². The molecule has 0 spiro atoms. The number of carbonyl (C=O) groups is 1. The molecule has 0 saturated heterocycles. The van der Waals surface area contributed by atoms with Gasteiger partial charge in [-0.1, -0.05) is 26.8 Å². The molecule has 1 aromatic rings. The predicted molar refractivity (Wildman–Crippen MR) is 66.1 cm³/mol. The van der Waals surface area contributed by atoms with Gasteiger partial charge in [0.1, 0.15) is 0 Å². The van der Waals surface area contributed by atoms with Gasteiger partial charge in [-0.3, -0.25) is 4.79 Å². The van der Waals surface area contributed by atoms with E-state index in [2.05, 4.69) is 5.32 Å². The number of nitrogens with two attached hydrogens (primary N) is 1. The first-order chi connectivity index (χ1) is 8.27. The second-order valence-electron chi connectivity index (χ2n) is 5.23. The fraction of sp³-hybridized carbons (Fsp3) is 0.462. The lowest BCUT2D eigenvalue weighted by molar-refractivity contribution is 0.0900. The summed E-state index contributed by atoms with van der Waals surface area (Å²) in [6.07, 6.45) is 0. The number of hydrogen-bond donors (Lipinski definition) is 2. The van der Waals surface area contributed by atoms with Crippen molar-refractivity contribution in [1.29, 1.82) is 0 Å². The Morgan fingerprint density at radius 3 is 2.50 bits per heavy atom. The van der Waals surface area contributed by atoms with Crippen LogP contribution in [-0.2, 0) is 0 Å². The van der Waals surface area contributed by atoms with Gasteiger partial charge in [-0.25, -0.2) is 8.78 Å². The monoisotopic (exact) mass is 256 g/mol. The van der Waals surface area contributed by atoms with Crippen LogP contribution in [0.5, 0.6) is 0 Å². The minimum atomic E-state index is -1.14. The Bertz CT molecular complexity index is 441. The number of rotatable bonds is 3. The molecule has 0 aliphatic heterocycles. The maximum atomic E-state index is 13.4. The van der Waals surface area contributed by atoms with Gasteiger partial charge in [-0.2, -0.15) is 0 Å². The molecule has 0 aliphatic rings. The highest BCUT2D eigenvalue weighted by Gasteiger charge is 2.26. The minimum Gasteiger partial charge on any atom is -0.347 e. The Morgan fingerprint density at radius 2 is 2.00 bits per heavy atom. The quantitative estimate of drug-likeness (QED) is 0.869. The van der Waals surface area contributed by atoms with E-state index in [-0.39, 0.29) is 23.6 Å². The molecule has 0 saturated carbocycles. The third-order valence-corrected chi connectivity index (χ3v) is 2.78. The van der Waals surface area contributed by atoms with Gasteiger partial charge in [0.15, 0.2) is 11.6 Å². The molecule has 1 unspecified atom stereocenters. The predicted octanol–water partition coefficient (Wildman–Crippen LogP) is 2.07. The van der Waals surface area contributed by atoms with Crippen molar-refractivity contribution in [2.24, 2.45) is 11.1 Å². The average Bonchev–Trinajstić information content (AvgIpc) is 2.27. The van der Waals surface area contributed by atoms with Gasteiger partial charge in [0.25, 0.3) is 5.91 Å². The Morgan fingerprint density at radius 1 is 1.39 bits per heavy atom. The van der Waals surface area contributed by atoms with E-state index >= 15 is 0 Å². The van der Waals surface area contributed by atoms with Gasteiger partial charge in [0.05, 0.1) is 5.56 Å². The molecule has 0 radical (unpaired) electrons. The molecule has 3 nitrogen and oxygen atoms in total. The Hall–Kier alpha value is -1.49. The Kier molecular flexibility index (Phi) is 4.40. The van der Waals surface area contributed by atoms with Crippen LogP contribution in [0, 0.1) is 17.0 Å². The Labute approximate surface area is 105 Å². The van der Waals surface area contributed by atoms with Crippen LogP contribution >= 0.6 is 0 Å². The molecule has 1 amide bonds. The molecule has 0 aliphatic carbocycles. The molecule has 0 aromatic heterocycles. The summed E-state index contributed by atoms with van der Waals surface area (Å²) in [6.45, 7) is 5.96. The van der Waals surface area contributed by atoms with Crippen molar-refractivity contribution >= 4 is 5.91 Å². The summed E-state index contributed by atoms with van der Waals surface area (Å²) in [5.41, 5.74) is 5.01. The lowest BCUT2D eigenvalue weighted by Gasteiger charge is -2.30. The molecule has 18 heavy (non-hydrogen) atoms. The van der Waals surface area contributed by atoms with Gasteiger partial charge < -0.3 is 11.1 Å².